The summed E-state index contributed by atoms with van der Waals surface area (Å²) in [6.45, 7) is 0. The van der Waals surface area contributed by atoms with Gasteiger partial charge in [0.05, 0.1) is 16.5 Å². The van der Waals surface area contributed by atoms with Crippen molar-refractivity contribution in [3.8, 4) is 6.07 Å². The van der Waals surface area contributed by atoms with Gasteiger partial charge < -0.3 is 0 Å². The van der Waals surface area contributed by atoms with Crippen molar-refractivity contribution in [2.24, 2.45) is 0 Å². The van der Waals surface area contributed by atoms with E-state index in [1.165, 1.54) is 0 Å². The molecule has 1 heterocycles. The number of benzene rings is 1. The third-order valence-corrected chi connectivity index (χ3v) is 1.73. The van der Waals surface area contributed by atoms with Crippen LogP contribution in [0, 0.1) is 11.3 Å². The van der Waals surface area contributed by atoms with E-state index in [-0.39, 0.29) is 5.56 Å². The van der Waals surface area contributed by atoms with Crippen LogP contribution in [0.4, 0.5) is 0 Å². The van der Waals surface area contributed by atoms with Gasteiger partial charge in [0, 0.05) is 0 Å². The molecule has 0 aliphatic rings. The SMILES string of the molecule is N#Cc1cccc2c(=O)[nH][nH]c12. The third kappa shape index (κ3) is 0.736. The lowest BCUT2D eigenvalue weighted by molar-refractivity contribution is 1.08. The molecule has 2 rings (SSSR count). The van der Waals surface area contributed by atoms with Crippen molar-refractivity contribution in [1.82, 2.24) is 10.2 Å². The van der Waals surface area contributed by atoms with Gasteiger partial charge in [-0.3, -0.25) is 15.0 Å². The number of nitriles is 1. The molecule has 4 nitrogen and oxygen atoms in total. The Kier molecular flexibility index (Phi) is 1.25. The molecule has 58 valence electrons. The van der Waals surface area contributed by atoms with Gasteiger partial charge in [0.2, 0.25) is 0 Å². The number of aromatic nitrogens is 2. The second-order valence-corrected chi connectivity index (χ2v) is 2.42. The Balaban J connectivity index is 3.02. The molecule has 0 spiro atoms. The average Bonchev–Trinajstić information content (AvgIpc) is 2.48. The molecule has 2 N–H and O–H groups in total. The summed E-state index contributed by atoms with van der Waals surface area (Å²) in [5.41, 5.74) is 0.859. The van der Waals surface area contributed by atoms with Crippen molar-refractivity contribution in [3.05, 3.63) is 34.1 Å². The lowest BCUT2D eigenvalue weighted by Gasteiger charge is -1.88. The molecule has 0 fully saturated rings. The lowest BCUT2D eigenvalue weighted by atomic mass is 10.2. The van der Waals surface area contributed by atoms with Crippen LogP contribution in [0.2, 0.25) is 0 Å². The van der Waals surface area contributed by atoms with E-state index < -0.39 is 0 Å². The van der Waals surface area contributed by atoms with E-state index in [1.54, 1.807) is 18.2 Å². The topological polar surface area (TPSA) is 72.4 Å². The highest BCUT2D eigenvalue weighted by molar-refractivity contribution is 5.83. The molecule has 1 aromatic carbocycles. The highest BCUT2D eigenvalue weighted by Gasteiger charge is 2.03. The first-order valence-electron chi connectivity index (χ1n) is 3.42. The van der Waals surface area contributed by atoms with Gasteiger partial charge in [-0.15, -0.1) is 0 Å². The van der Waals surface area contributed by atoms with Crippen molar-refractivity contribution >= 4 is 10.9 Å². The van der Waals surface area contributed by atoms with E-state index in [9.17, 15) is 4.79 Å². The van der Waals surface area contributed by atoms with E-state index in [0.29, 0.717) is 16.5 Å². The molecule has 0 bridgehead atoms. The minimum Gasteiger partial charge on any atom is -0.296 e. The van der Waals surface area contributed by atoms with Crippen molar-refractivity contribution in [3.63, 3.8) is 0 Å². The predicted octanol–water partition coefficient (Wildman–Crippen LogP) is 0.728. The van der Waals surface area contributed by atoms with Crippen molar-refractivity contribution in [2.45, 2.75) is 0 Å². The molecule has 4 heteroatoms. The maximum Gasteiger partial charge on any atom is 0.271 e. The highest BCUT2D eigenvalue weighted by Crippen LogP contribution is 2.10. The number of fused-ring (bicyclic) bond motifs is 1. The molecule has 0 amide bonds. The van der Waals surface area contributed by atoms with Crippen LogP contribution in [0.3, 0.4) is 0 Å². The molecular formula is C8H5N3O. The summed E-state index contributed by atoms with van der Waals surface area (Å²) in [7, 11) is 0. The maximum absolute atomic E-state index is 11.1. The van der Waals surface area contributed by atoms with E-state index in [1.807, 2.05) is 6.07 Å². The normalized spacial score (nSPS) is 9.92. The Labute approximate surface area is 67.4 Å². The van der Waals surface area contributed by atoms with Gasteiger partial charge in [-0.1, -0.05) is 6.07 Å². The van der Waals surface area contributed by atoms with Crippen molar-refractivity contribution < 1.29 is 0 Å². The van der Waals surface area contributed by atoms with Gasteiger partial charge in [0.1, 0.15) is 6.07 Å². The first-order valence-corrected chi connectivity index (χ1v) is 3.42. The summed E-state index contributed by atoms with van der Waals surface area (Å²) in [6, 6.07) is 7.01. The Morgan fingerprint density at radius 1 is 1.33 bits per heavy atom. The third-order valence-electron chi connectivity index (χ3n) is 1.73. The molecule has 0 atom stereocenters. The smallest absolute Gasteiger partial charge is 0.271 e. The van der Waals surface area contributed by atoms with Crippen molar-refractivity contribution in [1.29, 1.82) is 5.26 Å². The molecule has 12 heavy (non-hydrogen) atoms. The van der Waals surface area contributed by atoms with Crippen LogP contribution < -0.4 is 5.56 Å². The van der Waals surface area contributed by atoms with Crippen LogP contribution in [0.15, 0.2) is 23.0 Å². The quantitative estimate of drug-likeness (QED) is 0.594. The van der Waals surface area contributed by atoms with Crippen molar-refractivity contribution in [2.75, 3.05) is 0 Å². The number of hydrogen-bond acceptors (Lipinski definition) is 2. The summed E-state index contributed by atoms with van der Waals surface area (Å²) in [5, 5.41) is 14.2. The standard InChI is InChI=1S/C8H5N3O/c9-4-5-2-1-3-6-7(5)10-11-8(6)12/h1-3H,(H2,10,11,12). The average molecular weight is 159 g/mol. The molecule has 0 unspecified atom stereocenters. The van der Waals surface area contributed by atoms with Crippen LogP contribution in [-0.4, -0.2) is 10.2 Å². The summed E-state index contributed by atoms with van der Waals surface area (Å²) in [4.78, 5) is 11.1. The fourth-order valence-electron chi connectivity index (χ4n) is 1.16. The monoisotopic (exact) mass is 159 g/mol. The van der Waals surface area contributed by atoms with E-state index in [4.69, 9.17) is 5.26 Å². The predicted molar refractivity (Wildman–Crippen MR) is 43.6 cm³/mol. The summed E-state index contributed by atoms with van der Waals surface area (Å²) in [5.74, 6) is 0. The minimum atomic E-state index is -0.192. The Morgan fingerprint density at radius 3 is 2.92 bits per heavy atom. The number of rotatable bonds is 0. The highest BCUT2D eigenvalue weighted by atomic mass is 16.1. The Morgan fingerprint density at radius 2 is 2.17 bits per heavy atom. The first kappa shape index (κ1) is 6.68. The van der Waals surface area contributed by atoms with Gasteiger partial charge in [-0.05, 0) is 12.1 Å². The zero-order valence-corrected chi connectivity index (χ0v) is 6.09. The molecule has 0 aliphatic carbocycles. The van der Waals surface area contributed by atoms with Crippen LogP contribution in [-0.2, 0) is 0 Å². The summed E-state index contributed by atoms with van der Waals surface area (Å²) >= 11 is 0. The number of hydrogen-bond donors (Lipinski definition) is 2. The van der Waals surface area contributed by atoms with Crippen LogP contribution in [0.25, 0.3) is 10.9 Å². The van der Waals surface area contributed by atoms with E-state index >= 15 is 0 Å². The van der Waals surface area contributed by atoms with E-state index in [0.717, 1.165) is 0 Å². The summed E-state index contributed by atoms with van der Waals surface area (Å²) < 4.78 is 0. The lowest BCUT2D eigenvalue weighted by Crippen LogP contribution is -1.96. The number of nitrogens with zero attached hydrogens (tertiary/aromatic N) is 1. The number of aromatic amines is 2. The molecule has 0 aliphatic heterocycles. The van der Waals surface area contributed by atoms with Gasteiger partial charge in [0.15, 0.2) is 0 Å². The molecule has 1 aromatic heterocycles. The van der Waals surface area contributed by atoms with E-state index in [2.05, 4.69) is 10.2 Å². The molecule has 0 saturated carbocycles. The zero-order chi connectivity index (χ0) is 8.55. The fraction of sp³-hybridized carbons (Fsp3) is 0. The summed E-state index contributed by atoms with van der Waals surface area (Å²) in [6.07, 6.45) is 0. The fourth-order valence-corrected chi connectivity index (χ4v) is 1.16. The minimum absolute atomic E-state index is 0.192. The van der Waals surface area contributed by atoms with Crippen LogP contribution in [0.1, 0.15) is 5.56 Å². The second-order valence-electron chi connectivity index (χ2n) is 2.42. The first-order chi connectivity index (χ1) is 5.83. The van der Waals surface area contributed by atoms with Crippen LogP contribution in [0.5, 0.6) is 0 Å². The Bertz CT molecular complexity index is 515. The molecular weight excluding hydrogens is 154 g/mol. The zero-order valence-electron chi connectivity index (χ0n) is 6.09. The van der Waals surface area contributed by atoms with Gasteiger partial charge >= 0.3 is 0 Å². The number of para-hydroxylation sites is 1. The Hall–Kier alpha value is -2.02. The van der Waals surface area contributed by atoms with Crippen LogP contribution >= 0.6 is 0 Å². The molecule has 2 aromatic rings. The number of H-pyrrole nitrogens is 2. The van der Waals surface area contributed by atoms with Gasteiger partial charge in [-0.2, -0.15) is 5.26 Å². The molecule has 0 saturated heterocycles. The molecule has 0 radical (unpaired) electrons. The largest absolute Gasteiger partial charge is 0.296 e. The van der Waals surface area contributed by atoms with Gasteiger partial charge in [0.25, 0.3) is 5.56 Å². The second kappa shape index (κ2) is 2.24. The maximum atomic E-state index is 11.1. The number of nitrogens with one attached hydrogen (secondary N) is 2. The van der Waals surface area contributed by atoms with Gasteiger partial charge in [-0.25, -0.2) is 0 Å².